The van der Waals surface area contributed by atoms with Crippen LogP contribution >= 0.6 is 11.8 Å². The Bertz CT molecular complexity index is 1060. The molecule has 0 N–H and O–H groups in total. The minimum atomic E-state index is -0.400. The van der Waals surface area contributed by atoms with Crippen LogP contribution in [-0.2, 0) is 5.41 Å². The van der Waals surface area contributed by atoms with Gasteiger partial charge in [0.2, 0.25) is 0 Å². The summed E-state index contributed by atoms with van der Waals surface area (Å²) in [5.41, 5.74) is 1.61. The summed E-state index contributed by atoms with van der Waals surface area (Å²) >= 11 is 1.58. The largest absolute Gasteiger partial charge is 0.259 e. The molecule has 1 spiro atoms. The first-order valence-corrected chi connectivity index (χ1v) is 9.49. The fourth-order valence-electron chi connectivity index (χ4n) is 3.87. The summed E-state index contributed by atoms with van der Waals surface area (Å²) in [6, 6.07) is 6.50. The Hall–Kier alpha value is -2.46. The van der Waals surface area contributed by atoms with Gasteiger partial charge in [0, 0.05) is 17.6 Å². The van der Waals surface area contributed by atoms with E-state index in [1.807, 2.05) is 36.2 Å². The number of hydrogen-bond donors (Lipinski definition) is 0. The molecule has 7 heteroatoms. The number of thioether (sulfide) groups is 1. The molecule has 25 heavy (non-hydrogen) atoms. The molecular formula is C18H16N6S. The van der Waals surface area contributed by atoms with Crippen LogP contribution in [0.25, 0.3) is 16.7 Å². The maximum atomic E-state index is 9.76. The zero-order valence-electron chi connectivity index (χ0n) is 14.0. The molecule has 5 rings (SSSR count). The first-order chi connectivity index (χ1) is 12.1. The SMILES string of the molecule is CSc1cc(-n2ncc3cnc([C@@]4(C#N)CC45CC5)cc32)nc(C)n1. The van der Waals surface area contributed by atoms with Gasteiger partial charge in [0.25, 0.3) is 0 Å². The summed E-state index contributed by atoms with van der Waals surface area (Å²) in [6.07, 6.45) is 8.83. The topological polar surface area (TPSA) is 80.3 Å². The third kappa shape index (κ3) is 1.97. The van der Waals surface area contributed by atoms with E-state index in [0.717, 1.165) is 46.7 Å². The molecule has 2 saturated carbocycles. The van der Waals surface area contributed by atoms with Gasteiger partial charge in [0.05, 0.1) is 23.5 Å². The van der Waals surface area contributed by atoms with Crippen molar-refractivity contribution in [3.05, 3.63) is 36.0 Å². The molecule has 2 aliphatic carbocycles. The first kappa shape index (κ1) is 14.8. The summed E-state index contributed by atoms with van der Waals surface area (Å²) < 4.78 is 1.82. The Morgan fingerprint density at radius 1 is 1.24 bits per heavy atom. The lowest BCUT2D eigenvalue weighted by atomic mass is 9.98. The van der Waals surface area contributed by atoms with Crippen LogP contribution in [-0.4, -0.2) is 31.0 Å². The molecule has 0 unspecified atom stereocenters. The Kier molecular flexibility index (Phi) is 2.85. The quantitative estimate of drug-likeness (QED) is 0.534. The van der Waals surface area contributed by atoms with E-state index in [4.69, 9.17) is 0 Å². The maximum absolute atomic E-state index is 9.76. The van der Waals surface area contributed by atoms with Crippen LogP contribution < -0.4 is 0 Å². The molecule has 0 radical (unpaired) electrons. The molecule has 3 heterocycles. The lowest BCUT2D eigenvalue weighted by molar-refractivity contribution is 0.715. The van der Waals surface area contributed by atoms with E-state index < -0.39 is 5.41 Å². The molecule has 6 nitrogen and oxygen atoms in total. The van der Waals surface area contributed by atoms with E-state index in [0.29, 0.717) is 5.82 Å². The molecule has 3 aromatic rings. The zero-order valence-corrected chi connectivity index (χ0v) is 14.8. The van der Waals surface area contributed by atoms with Crippen LogP contribution in [0.15, 0.2) is 29.6 Å². The number of nitriles is 1. The van der Waals surface area contributed by atoms with E-state index in [1.165, 1.54) is 0 Å². The molecule has 0 saturated heterocycles. The molecule has 0 amide bonds. The van der Waals surface area contributed by atoms with Gasteiger partial charge in [-0.3, -0.25) is 4.98 Å². The van der Waals surface area contributed by atoms with Crippen molar-refractivity contribution < 1.29 is 0 Å². The molecule has 3 aromatic heterocycles. The molecule has 2 fully saturated rings. The molecular weight excluding hydrogens is 332 g/mol. The number of fused-ring (bicyclic) bond motifs is 1. The van der Waals surface area contributed by atoms with Crippen LogP contribution in [0, 0.1) is 23.7 Å². The molecule has 2 aliphatic rings. The van der Waals surface area contributed by atoms with Gasteiger partial charge in [-0.1, -0.05) is 0 Å². The number of pyridine rings is 1. The highest BCUT2D eigenvalue weighted by atomic mass is 32.2. The lowest BCUT2D eigenvalue weighted by Crippen LogP contribution is -2.10. The highest BCUT2D eigenvalue weighted by Gasteiger charge is 2.76. The first-order valence-electron chi connectivity index (χ1n) is 8.26. The summed E-state index contributed by atoms with van der Waals surface area (Å²) in [6.45, 7) is 1.88. The van der Waals surface area contributed by atoms with E-state index in [-0.39, 0.29) is 5.41 Å². The Morgan fingerprint density at radius 3 is 2.76 bits per heavy atom. The second kappa shape index (κ2) is 4.79. The monoisotopic (exact) mass is 348 g/mol. The van der Waals surface area contributed by atoms with Crippen molar-refractivity contribution in [2.24, 2.45) is 5.41 Å². The maximum Gasteiger partial charge on any atom is 0.158 e. The average molecular weight is 348 g/mol. The van der Waals surface area contributed by atoms with Crippen LogP contribution in [0.1, 0.15) is 30.8 Å². The third-order valence-corrected chi connectivity index (χ3v) is 6.17. The molecule has 124 valence electrons. The predicted octanol–water partition coefficient (Wildman–Crippen LogP) is 3.19. The highest BCUT2D eigenvalue weighted by Crippen LogP contribution is 2.78. The average Bonchev–Trinajstić information content (AvgIpc) is 3.50. The van der Waals surface area contributed by atoms with Crippen molar-refractivity contribution in [2.75, 3.05) is 6.26 Å². The van der Waals surface area contributed by atoms with Crippen LogP contribution in [0.5, 0.6) is 0 Å². The number of nitrogens with zero attached hydrogens (tertiary/aromatic N) is 6. The molecule has 0 aliphatic heterocycles. The minimum Gasteiger partial charge on any atom is -0.259 e. The normalized spacial score (nSPS) is 22.9. The summed E-state index contributed by atoms with van der Waals surface area (Å²) in [4.78, 5) is 13.5. The van der Waals surface area contributed by atoms with Gasteiger partial charge in [-0.15, -0.1) is 11.8 Å². The Labute approximate surface area is 149 Å². The third-order valence-electron chi connectivity index (χ3n) is 5.55. The summed E-state index contributed by atoms with van der Waals surface area (Å²) in [5.74, 6) is 1.46. The van der Waals surface area contributed by atoms with Gasteiger partial charge in [0.15, 0.2) is 5.82 Å². The molecule has 1 atom stereocenters. The van der Waals surface area contributed by atoms with Crippen molar-refractivity contribution in [3.63, 3.8) is 0 Å². The fraction of sp³-hybridized carbons (Fsp3) is 0.389. The number of rotatable bonds is 3. The van der Waals surface area contributed by atoms with Crippen LogP contribution in [0.3, 0.4) is 0 Å². The zero-order chi connectivity index (χ0) is 17.2. The number of aryl methyl sites for hydroxylation is 1. The van der Waals surface area contributed by atoms with Crippen molar-refractivity contribution in [1.29, 1.82) is 5.26 Å². The van der Waals surface area contributed by atoms with Crippen LogP contribution in [0.2, 0.25) is 0 Å². The van der Waals surface area contributed by atoms with Gasteiger partial charge in [-0.05, 0) is 43.9 Å². The Balaban J connectivity index is 1.67. The summed E-state index contributed by atoms with van der Waals surface area (Å²) in [5, 5.41) is 16.1. The van der Waals surface area contributed by atoms with Crippen molar-refractivity contribution in [3.8, 4) is 11.9 Å². The fourth-order valence-corrected chi connectivity index (χ4v) is 4.32. The minimum absolute atomic E-state index is 0.199. The van der Waals surface area contributed by atoms with E-state index >= 15 is 0 Å². The van der Waals surface area contributed by atoms with E-state index in [9.17, 15) is 5.26 Å². The predicted molar refractivity (Wildman–Crippen MR) is 94.5 cm³/mol. The van der Waals surface area contributed by atoms with Gasteiger partial charge >= 0.3 is 0 Å². The van der Waals surface area contributed by atoms with Gasteiger partial charge in [-0.25, -0.2) is 14.6 Å². The Morgan fingerprint density at radius 2 is 2.08 bits per heavy atom. The highest BCUT2D eigenvalue weighted by molar-refractivity contribution is 7.98. The van der Waals surface area contributed by atoms with Crippen molar-refractivity contribution >= 4 is 22.7 Å². The summed E-state index contributed by atoms with van der Waals surface area (Å²) in [7, 11) is 0. The van der Waals surface area contributed by atoms with E-state index in [2.05, 4.69) is 26.1 Å². The van der Waals surface area contributed by atoms with Crippen molar-refractivity contribution in [1.82, 2.24) is 24.7 Å². The molecule has 0 bridgehead atoms. The second-order valence-electron chi connectivity index (χ2n) is 6.97. The smallest absolute Gasteiger partial charge is 0.158 e. The van der Waals surface area contributed by atoms with Gasteiger partial charge in [0.1, 0.15) is 16.3 Å². The lowest BCUT2D eigenvalue weighted by Gasteiger charge is -2.09. The number of hydrogen-bond acceptors (Lipinski definition) is 6. The standard InChI is InChI=1S/C18H16N6S/c1-11-22-15(6-16(23-11)25-2)24-13-5-14(20-7-12(13)8-21-24)18(10-19)9-17(18)3-4-17/h5-8H,3-4,9H2,1-2H3/t18-/m0/s1. The number of aromatic nitrogens is 5. The van der Waals surface area contributed by atoms with Crippen molar-refractivity contribution in [2.45, 2.75) is 36.6 Å². The molecule has 0 aromatic carbocycles. The van der Waals surface area contributed by atoms with Crippen LogP contribution in [0.4, 0.5) is 0 Å². The van der Waals surface area contributed by atoms with E-state index in [1.54, 1.807) is 18.0 Å². The second-order valence-corrected chi connectivity index (χ2v) is 7.80. The van der Waals surface area contributed by atoms with Gasteiger partial charge in [-0.2, -0.15) is 10.4 Å². The van der Waals surface area contributed by atoms with Gasteiger partial charge < -0.3 is 0 Å².